The Labute approximate surface area is 339 Å². The van der Waals surface area contributed by atoms with Gasteiger partial charge in [0.15, 0.2) is 0 Å². The van der Waals surface area contributed by atoms with Gasteiger partial charge >= 0.3 is 0 Å². The summed E-state index contributed by atoms with van der Waals surface area (Å²) in [6.07, 6.45) is 6.88. The van der Waals surface area contributed by atoms with Crippen LogP contribution in [0.4, 0.5) is 11.4 Å². The first-order valence-corrected chi connectivity index (χ1v) is 21.5. The minimum atomic E-state index is -0.168. The van der Waals surface area contributed by atoms with Crippen LogP contribution in [-0.2, 0) is 0 Å². The van der Waals surface area contributed by atoms with Crippen molar-refractivity contribution in [1.29, 1.82) is 0 Å². The summed E-state index contributed by atoms with van der Waals surface area (Å²) >= 11 is 3.77. The topological polar surface area (TPSA) is 39.7 Å². The normalized spacial score (nSPS) is 20.2. The summed E-state index contributed by atoms with van der Waals surface area (Å²) in [7, 11) is 0. The van der Waals surface area contributed by atoms with Crippen LogP contribution in [0.1, 0.15) is 53.3 Å². The number of hydrogen-bond acceptors (Lipinski definition) is 6. The molecule has 7 aromatic carbocycles. The minimum Gasteiger partial charge on any atom is -0.350 e. The zero-order chi connectivity index (χ0) is 37.5. The molecular formula is C51H38N4S2. The van der Waals surface area contributed by atoms with Crippen molar-refractivity contribution in [3.05, 3.63) is 192 Å². The van der Waals surface area contributed by atoms with Crippen LogP contribution < -0.4 is 15.5 Å². The molecule has 4 nitrogen and oxygen atoms in total. The summed E-state index contributed by atoms with van der Waals surface area (Å²) in [6.45, 7) is 0. The summed E-state index contributed by atoms with van der Waals surface area (Å²) in [5.41, 5.74) is 10.0. The van der Waals surface area contributed by atoms with Crippen molar-refractivity contribution >= 4 is 80.2 Å². The Morgan fingerprint density at radius 1 is 0.561 bits per heavy atom. The lowest BCUT2D eigenvalue weighted by molar-refractivity contribution is 0.409. The van der Waals surface area contributed by atoms with Crippen LogP contribution in [0, 0.1) is 0 Å². The number of thiophene rings is 2. The van der Waals surface area contributed by atoms with Gasteiger partial charge in [0.25, 0.3) is 0 Å². The van der Waals surface area contributed by atoms with Gasteiger partial charge in [0.1, 0.15) is 18.2 Å². The molecule has 4 atom stereocenters. The van der Waals surface area contributed by atoms with Crippen molar-refractivity contribution in [2.45, 2.75) is 37.1 Å². The number of fused-ring (bicyclic) bond motifs is 9. The SMILES string of the molecule is C1=CC2c3ccccc3N(c3cccc4sc5ccc(-c6ccc7sc8ccc(C9=NC(c%10ccccc%10)NC(c%10ccccc%10)N9)cc8c7c6)cc5c34)C2CC1. The highest BCUT2D eigenvalue weighted by Gasteiger charge is 2.39. The molecule has 9 aromatic rings. The Balaban J connectivity index is 0.955. The molecule has 2 N–H and O–H groups in total. The van der Waals surface area contributed by atoms with E-state index in [1.807, 2.05) is 22.7 Å². The second-order valence-corrected chi connectivity index (χ2v) is 17.6. The smallest absolute Gasteiger partial charge is 0.131 e. The maximum atomic E-state index is 5.25. The van der Waals surface area contributed by atoms with Crippen LogP contribution >= 0.6 is 22.7 Å². The summed E-state index contributed by atoms with van der Waals surface area (Å²) < 4.78 is 5.25. The van der Waals surface area contributed by atoms with Gasteiger partial charge in [0.2, 0.25) is 0 Å². The fourth-order valence-electron chi connectivity index (χ4n) is 9.52. The van der Waals surface area contributed by atoms with Crippen LogP contribution in [0.25, 0.3) is 51.5 Å². The molecule has 2 aliphatic heterocycles. The van der Waals surface area contributed by atoms with Crippen molar-refractivity contribution in [2.75, 3.05) is 4.90 Å². The highest BCUT2D eigenvalue weighted by atomic mass is 32.1. The molecular weight excluding hydrogens is 733 g/mol. The second-order valence-electron chi connectivity index (χ2n) is 15.5. The lowest BCUT2D eigenvalue weighted by atomic mass is 9.87. The Hall–Kier alpha value is -6.05. The third-order valence-corrected chi connectivity index (χ3v) is 14.5. The molecule has 0 bridgehead atoms. The standard InChI is InChI=1S/C51H38N4S2/c1-3-12-31(13-4-1)49-52-50(32-14-5-2-6-15-32)54-51(53-49)35-24-27-45-39(30-35)38-28-33(22-25-44(38)56-45)34-23-26-46-40(29-34)48-43(20-11-21-47(48)57-46)55-41-18-9-7-16-36(41)37-17-8-10-19-42(37)55/h1-9,11-18,20-30,37,42,49-50,52H,10,19H2,(H,53,54). The third-order valence-electron chi connectivity index (χ3n) is 12.2. The van der Waals surface area contributed by atoms with Gasteiger partial charge in [-0.3, -0.25) is 5.32 Å². The number of aliphatic imine (C=N–C) groups is 1. The van der Waals surface area contributed by atoms with E-state index in [1.54, 1.807) is 0 Å². The molecule has 6 heteroatoms. The largest absolute Gasteiger partial charge is 0.350 e. The summed E-state index contributed by atoms with van der Waals surface area (Å²) in [4.78, 5) is 7.91. The summed E-state index contributed by atoms with van der Waals surface area (Å²) in [5, 5.41) is 12.7. The molecule has 57 heavy (non-hydrogen) atoms. The van der Waals surface area contributed by atoms with Crippen LogP contribution in [0.3, 0.4) is 0 Å². The van der Waals surface area contributed by atoms with Crippen molar-refractivity contribution in [3.63, 3.8) is 0 Å². The van der Waals surface area contributed by atoms with E-state index in [-0.39, 0.29) is 12.3 Å². The number of nitrogens with one attached hydrogen (secondary N) is 2. The van der Waals surface area contributed by atoms with E-state index in [0.717, 1.165) is 29.8 Å². The first-order valence-electron chi connectivity index (χ1n) is 19.9. The number of amidine groups is 1. The lowest BCUT2D eigenvalue weighted by Crippen LogP contribution is -2.44. The lowest BCUT2D eigenvalue weighted by Gasteiger charge is -2.32. The monoisotopic (exact) mass is 770 g/mol. The molecule has 0 fully saturated rings. The fraction of sp³-hybridized carbons (Fsp3) is 0.118. The Morgan fingerprint density at radius 2 is 1.19 bits per heavy atom. The number of allylic oxidation sites excluding steroid dienone is 1. The highest BCUT2D eigenvalue weighted by molar-refractivity contribution is 7.26. The van der Waals surface area contributed by atoms with Crippen LogP contribution in [0.5, 0.6) is 0 Å². The summed E-state index contributed by atoms with van der Waals surface area (Å²) in [5.74, 6) is 1.34. The van der Waals surface area contributed by atoms with Crippen LogP contribution in [-0.4, -0.2) is 11.9 Å². The average molecular weight is 771 g/mol. The third kappa shape index (κ3) is 5.47. The van der Waals surface area contributed by atoms with Gasteiger partial charge in [-0.25, -0.2) is 4.99 Å². The van der Waals surface area contributed by atoms with E-state index in [2.05, 4.69) is 185 Å². The van der Waals surface area contributed by atoms with E-state index < -0.39 is 0 Å². The van der Waals surface area contributed by atoms with Crippen molar-refractivity contribution in [2.24, 2.45) is 4.99 Å². The molecule has 3 aliphatic rings. The van der Waals surface area contributed by atoms with E-state index in [9.17, 15) is 0 Å². The van der Waals surface area contributed by atoms with E-state index >= 15 is 0 Å². The van der Waals surface area contributed by atoms with Crippen LogP contribution in [0.15, 0.2) is 175 Å². The summed E-state index contributed by atoms with van der Waals surface area (Å²) in [6, 6.07) is 58.4. The van der Waals surface area contributed by atoms with E-state index in [4.69, 9.17) is 4.99 Å². The molecule has 274 valence electrons. The van der Waals surface area contributed by atoms with E-state index in [1.165, 1.54) is 74.0 Å². The molecule has 12 rings (SSSR count). The fourth-order valence-corrected chi connectivity index (χ4v) is 11.7. The van der Waals surface area contributed by atoms with Crippen molar-refractivity contribution < 1.29 is 0 Å². The Kier molecular flexibility index (Phi) is 7.71. The van der Waals surface area contributed by atoms with Crippen LogP contribution in [0.2, 0.25) is 0 Å². The molecule has 0 saturated heterocycles. The predicted molar refractivity (Wildman–Crippen MR) is 242 cm³/mol. The average Bonchev–Trinajstić information content (AvgIpc) is 3.95. The molecule has 0 saturated carbocycles. The number of benzene rings is 7. The zero-order valence-electron chi connectivity index (χ0n) is 31.1. The van der Waals surface area contributed by atoms with E-state index in [0.29, 0.717) is 12.0 Å². The highest BCUT2D eigenvalue weighted by Crippen LogP contribution is 2.52. The number of hydrogen-bond donors (Lipinski definition) is 2. The second kappa shape index (κ2) is 13.3. The molecule has 0 amide bonds. The van der Waals surface area contributed by atoms with Gasteiger partial charge in [-0.05, 0) is 101 Å². The molecule has 2 aromatic heterocycles. The quantitative estimate of drug-likeness (QED) is 0.171. The van der Waals surface area contributed by atoms with Gasteiger partial charge in [-0.2, -0.15) is 0 Å². The molecule has 4 heterocycles. The van der Waals surface area contributed by atoms with Gasteiger partial charge in [0, 0.05) is 63.6 Å². The molecule has 0 spiro atoms. The van der Waals surface area contributed by atoms with Gasteiger partial charge in [0.05, 0.1) is 5.69 Å². The zero-order valence-corrected chi connectivity index (χ0v) is 32.7. The Bertz CT molecular complexity index is 3070. The van der Waals surface area contributed by atoms with Crippen molar-refractivity contribution in [3.8, 4) is 11.1 Å². The number of para-hydroxylation sites is 1. The van der Waals surface area contributed by atoms with Gasteiger partial charge in [-0.15, -0.1) is 22.7 Å². The first-order chi connectivity index (χ1) is 28.2. The maximum absolute atomic E-state index is 5.25. The number of nitrogens with zero attached hydrogens (tertiary/aromatic N) is 2. The molecule has 1 aliphatic carbocycles. The predicted octanol–water partition coefficient (Wildman–Crippen LogP) is 13.4. The number of anilines is 2. The Morgan fingerprint density at radius 3 is 1.98 bits per heavy atom. The van der Waals surface area contributed by atoms with Gasteiger partial charge in [-0.1, -0.05) is 109 Å². The van der Waals surface area contributed by atoms with Crippen molar-refractivity contribution in [1.82, 2.24) is 10.6 Å². The first kappa shape index (κ1) is 33.1. The number of rotatable bonds is 5. The maximum Gasteiger partial charge on any atom is 0.131 e. The minimum absolute atomic E-state index is 0.0739. The van der Waals surface area contributed by atoms with Gasteiger partial charge < -0.3 is 10.2 Å². The molecule has 0 radical (unpaired) electrons. The molecule has 4 unspecified atom stereocenters.